The van der Waals surface area contributed by atoms with Gasteiger partial charge >= 0.3 is 0 Å². The van der Waals surface area contributed by atoms with Gasteiger partial charge in [-0.25, -0.2) is 4.98 Å². The highest BCUT2D eigenvalue weighted by Crippen LogP contribution is 2.40. The third kappa shape index (κ3) is 4.66. The molecule has 0 atom stereocenters. The van der Waals surface area contributed by atoms with Gasteiger partial charge < -0.3 is 0 Å². The minimum absolute atomic E-state index is 0.916. The first kappa shape index (κ1) is 29.6. The van der Waals surface area contributed by atoms with Crippen molar-refractivity contribution in [1.82, 2.24) is 9.55 Å². The number of aromatic nitrogens is 2. The van der Waals surface area contributed by atoms with Gasteiger partial charge in [-0.1, -0.05) is 122 Å². The maximum Gasteiger partial charge on any atom is 0.138 e. The molecule has 2 nitrogen and oxygen atoms in total. The third-order valence-corrected chi connectivity index (χ3v) is 11.5. The predicted octanol–water partition coefficient (Wildman–Crippen LogP) is 13.7. The Morgan fingerprint density at radius 1 is 0.529 bits per heavy atom. The molecule has 3 aromatic heterocycles. The molecule has 0 amide bonds. The van der Waals surface area contributed by atoms with Crippen molar-refractivity contribution in [2.45, 2.75) is 6.92 Å². The van der Waals surface area contributed by atoms with Gasteiger partial charge in [-0.05, 0) is 110 Å². The molecular formula is C48H32N2S. The molecule has 3 heterocycles. The van der Waals surface area contributed by atoms with E-state index in [0.717, 1.165) is 17.0 Å². The van der Waals surface area contributed by atoms with E-state index in [1.807, 2.05) is 18.3 Å². The zero-order valence-electron chi connectivity index (χ0n) is 28.1. The van der Waals surface area contributed by atoms with E-state index >= 15 is 0 Å². The minimum atomic E-state index is 0.916. The van der Waals surface area contributed by atoms with Crippen LogP contribution in [0.4, 0.5) is 0 Å². The number of hydrogen-bond acceptors (Lipinski definition) is 2. The summed E-state index contributed by atoms with van der Waals surface area (Å²) in [5, 5.41) is 11.5. The molecule has 3 heteroatoms. The van der Waals surface area contributed by atoms with Crippen LogP contribution in [0, 0.1) is 6.92 Å². The summed E-state index contributed by atoms with van der Waals surface area (Å²) in [5.41, 5.74) is 8.34. The summed E-state index contributed by atoms with van der Waals surface area (Å²) in [5.74, 6) is 0.916. The van der Waals surface area contributed by atoms with Crippen molar-refractivity contribution in [3.8, 4) is 28.1 Å². The van der Waals surface area contributed by atoms with Gasteiger partial charge in [0.05, 0.1) is 15.9 Å². The average Bonchev–Trinajstić information content (AvgIpc) is 3.70. The number of benzene rings is 7. The van der Waals surface area contributed by atoms with Crippen LogP contribution in [0.3, 0.4) is 0 Å². The Morgan fingerprint density at radius 2 is 1.10 bits per heavy atom. The number of thiophene rings is 1. The van der Waals surface area contributed by atoms with Gasteiger partial charge in [-0.15, -0.1) is 11.3 Å². The molecule has 0 unspecified atom stereocenters. The number of allylic oxidation sites excluding steroid dienone is 2. The monoisotopic (exact) mass is 668 g/mol. The lowest BCUT2D eigenvalue weighted by molar-refractivity contribution is 1.03. The van der Waals surface area contributed by atoms with E-state index in [4.69, 9.17) is 4.98 Å². The second kappa shape index (κ2) is 11.7. The van der Waals surface area contributed by atoms with Crippen LogP contribution >= 0.6 is 11.3 Å². The molecule has 0 aliphatic rings. The zero-order chi connectivity index (χ0) is 34.1. The van der Waals surface area contributed by atoms with Gasteiger partial charge in [0.25, 0.3) is 0 Å². The molecular weight excluding hydrogens is 637 g/mol. The predicted molar refractivity (Wildman–Crippen MR) is 221 cm³/mol. The van der Waals surface area contributed by atoms with Crippen molar-refractivity contribution in [2.75, 3.05) is 0 Å². The van der Waals surface area contributed by atoms with E-state index in [-0.39, 0.29) is 0 Å². The maximum absolute atomic E-state index is 5.00. The second-order valence-corrected chi connectivity index (χ2v) is 14.3. The molecule has 0 aliphatic carbocycles. The minimum Gasteiger partial charge on any atom is -0.294 e. The van der Waals surface area contributed by atoms with Gasteiger partial charge in [-0.2, -0.15) is 0 Å². The lowest BCUT2D eigenvalue weighted by Gasteiger charge is -2.12. The molecule has 51 heavy (non-hydrogen) atoms. The molecule has 0 bridgehead atoms. The summed E-state index contributed by atoms with van der Waals surface area (Å²) in [6.45, 7) is 6.09. The molecule has 7 aromatic carbocycles. The number of pyridine rings is 1. The van der Waals surface area contributed by atoms with E-state index in [1.54, 1.807) is 11.3 Å². The zero-order valence-corrected chi connectivity index (χ0v) is 28.9. The first-order valence-electron chi connectivity index (χ1n) is 17.3. The summed E-state index contributed by atoms with van der Waals surface area (Å²) in [7, 11) is 0. The molecule has 0 saturated heterocycles. The Balaban J connectivity index is 1.10. The fourth-order valence-corrected chi connectivity index (χ4v) is 9.00. The first-order chi connectivity index (χ1) is 25.2. The second-order valence-electron chi connectivity index (χ2n) is 13.2. The standard InChI is InChI=1S/C48H32N2S/c1-3-4-19-44-30(2)35-14-9-10-20-45(35)50(44)48-28-43-42-27-34(22-24-46(42)51-47(43)29-49-48)32-13-11-12-31(25-32)33-21-23-40-38-17-6-5-15-36(38)37-16-7-8-18-39(37)41(40)26-33/h3-29H,1H2,2H3/b19-4-. The fraction of sp³-hybridized carbons (Fsp3) is 0.0208. The van der Waals surface area contributed by atoms with Gasteiger partial charge in [0.15, 0.2) is 0 Å². The van der Waals surface area contributed by atoms with Crippen molar-refractivity contribution in [3.63, 3.8) is 0 Å². The molecule has 0 saturated carbocycles. The van der Waals surface area contributed by atoms with E-state index < -0.39 is 0 Å². The normalized spacial score (nSPS) is 12.0. The molecule has 240 valence electrons. The first-order valence-corrected chi connectivity index (χ1v) is 18.1. The van der Waals surface area contributed by atoms with Gasteiger partial charge in [0.1, 0.15) is 5.82 Å². The SMILES string of the molecule is C=C/C=C\c1c(C)c2ccccc2n1-c1cc2c(cn1)sc1ccc(-c3cccc(-c4ccc5c6ccccc6c6ccccc6c5c4)c3)cc12. The summed E-state index contributed by atoms with van der Waals surface area (Å²) < 4.78 is 4.72. The van der Waals surface area contributed by atoms with Crippen LogP contribution in [0.15, 0.2) is 164 Å². The number of nitrogens with zero attached hydrogens (tertiary/aromatic N) is 2. The van der Waals surface area contributed by atoms with Crippen molar-refractivity contribution >= 4 is 80.8 Å². The molecule has 0 spiro atoms. The smallest absolute Gasteiger partial charge is 0.138 e. The lowest BCUT2D eigenvalue weighted by atomic mass is 9.91. The van der Waals surface area contributed by atoms with E-state index in [2.05, 4.69) is 164 Å². The molecule has 0 fully saturated rings. The average molecular weight is 669 g/mol. The van der Waals surface area contributed by atoms with Crippen molar-refractivity contribution in [2.24, 2.45) is 0 Å². The summed E-state index contributed by atoms with van der Waals surface area (Å²) in [4.78, 5) is 5.00. The summed E-state index contributed by atoms with van der Waals surface area (Å²) >= 11 is 1.80. The summed E-state index contributed by atoms with van der Waals surface area (Å²) in [6.07, 6.45) is 7.99. The molecule has 10 aromatic rings. The maximum atomic E-state index is 5.00. The Kier molecular flexibility index (Phi) is 6.77. The molecule has 0 N–H and O–H groups in total. The van der Waals surface area contributed by atoms with Crippen molar-refractivity contribution in [1.29, 1.82) is 0 Å². The van der Waals surface area contributed by atoms with E-state index in [1.165, 1.54) is 85.7 Å². The number of rotatable bonds is 5. The van der Waals surface area contributed by atoms with Crippen LogP contribution in [0.5, 0.6) is 0 Å². The molecule has 10 rings (SSSR count). The van der Waals surface area contributed by atoms with Crippen LogP contribution in [0.25, 0.3) is 97.5 Å². The van der Waals surface area contributed by atoms with Gasteiger partial charge in [0.2, 0.25) is 0 Å². The van der Waals surface area contributed by atoms with Crippen LogP contribution in [-0.4, -0.2) is 9.55 Å². The number of aryl methyl sites for hydroxylation is 1. The third-order valence-electron chi connectivity index (χ3n) is 10.4. The largest absolute Gasteiger partial charge is 0.294 e. The Labute approximate surface area is 299 Å². The van der Waals surface area contributed by atoms with Crippen LogP contribution in [0.1, 0.15) is 11.3 Å². The van der Waals surface area contributed by atoms with Crippen LogP contribution in [-0.2, 0) is 0 Å². The van der Waals surface area contributed by atoms with Crippen LogP contribution in [0.2, 0.25) is 0 Å². The quantitative estimate of drug-likeness (QED) is 0.132. The highest BCUT2D eigenvalue weighted by Gasteiger charge is 2.17. The summed E-state index contributed by atoms with van der Waals surface area (Å²) in [6, 6.07) is 51.2. The van der Waals surface area contributed by atoms with Crippen molar-refractivity contribution < 1.29 is 0 Å². The number of para-hydroxylation sites is 1. The number of fused-ring (bicyclic) bond motifs is 10. The fourth-order valence-electron chi connectivity index (χ4n) is 7.97. The Morgan fingerprint density at radius 3 is 1.80 bits per heavy atom. The number of hydrogen-bond donors (Lipinski definition) is 0. The van der Waals surface area contributed by atoms with Gasteiger partial charge in [-0.3, -0.25) is 4.57 Å². The van der Waals surface area contributed by atoms with Crippen LogP contribution < -0.4 is 0 Å². The molecule has 0 radical (unpaired) electrons. The van der Waals surface area contributed by atoms with Gasteiger partial charge in [0, 0.05) is 27.1 Å². The lowest BCUT2D eigenvalue weighted by Crippen LogP contribution is -1.99. The molecule has 0 aliphatic heterocycles. The Bertz CT molecular complexity index is 3030. The highest BCUT2D eigenvalue weighted by atomic mass is 32.1. The van der Waals surface area contributed by atoms with E-state index in [0.29, 0.717) is 0 Å². The highest BCUT2D eigenvalue weighted by molar-refractivity contribution is 7.25. The Hall–Kier alpha value is -6.29. The van der Waals surface area contributed by atoms with Crippen molar-refractivity contribution in [3.05, 3.63) is 176 Å². The van der Waals surface area contributed by atoms with E-state index in [9.17, 15) is 0 Å². The topological polar surface area (TPSA) is 17.8 Å².